The Balaban J connectivity index is 1.63. The molecule has 3 aromatic carbocycles. The Bertz CT molecular complexity index is 896. The molecule has 0 heterocycles. The van der Waals surface area contributed by atoms with Crippen molar-refractivity contribution in [2.45, 2.75) is 6.61 Å². The number of rotatable bonds is 6. The first-order chi connectivity index (χ1) is 12.6. The quantitative estimate of drug-likeness (QED) is 0.437. The van der Waals surface area contributed by atoms with E-state index in [1.807, 2.05) is 30.3 Å². The number of ketones is 1. The number of benzene rings is 3. The van der Waals surface area contributed by atoms with Crippen molar-refractivity contribution in [2.24, 2.45) is 0 Å². The summed E-state index contributed by atoms with van der Waals surface area (Å²) in [5.41, 5.74) is 1.24. The summed E-state index contributed by atoms with van der Waals surface area (Å²) in [4.78, 5) is 12.0. The van der Waals surface area contributed by atoms with Gasteiger partial charge in [0.1, 0.15) is 24.0 Å². The van der Waals surface area contributed by atoms with Gasteiger partial charge in [0.25, 0.3) is 0 Å². The Morgan fingerprint density at radius 3 is 2.15 bits per heavy atom. The molecule has 0 saturated carbocycles. The summed E-state index contributed by atoms with van der Waals surface area (Å²) in [6.07, 6.45) is 2.66. The van der Waals surface area contributed by atoms with Crippen molar-refractivity contribution >= 4 is 11.9 Å². The molecule has 0 atom stereocenters. The number of allylic oxidation sites excluding steroid dienone is 1. The predicted octanol–water partition coefficient (Wildman–Crippen LogP) is 5.44. The van der Waals surface area contributed by atoms with E-state index >= 15 is 0 Å². The molecule has 0 unspecified atom stereocenters. The van der Waals surface area contributed by atoms with E-state index in [0.29, 0.717) is 12.4 Å². The van der Waals surface area contributed by atoms with Crippen LogP contribution in [0.3, 0.4) is 0 Å². The second-order valence-corrected chi connectivity index (χ2v) is 5.64. The Morgan fingerprint density at radius 1 is 0.846 bits per heavy atom. The van der Waals surface area contributed by atoms with Crippen LogP contribution in [0.2, 0.25) is 0 Å². The van der Waals surface area contributed by atoms with Crippen LogP contribution in [-0.4, -0.2) is 5.78 Å². The Labute approximate surface area is 150 Å². The zero-order chi connectivity index (χ0) is 18.4. The maximum absolute atomic E-state index is 13.6. The standard InChI is InChI=1S/C22H16F2O2/c23-19-7-4-8-20(24)22(19)21(25)14-11-16-9-12-18(13-10-16)26-15-17-5-2-1-3-6-17/h1-14H,15H2/b14-11-. The highest BCUT2D eigenvalue weighted by atomic mass is 19.1. The lowest BCUT2D eigenvalue weighted by Gasteiger charge is -2.06. The molecule has 0 aliphatic heterocycles. The van der Waals surface area contributed by atoms with Crippen molar-refractivity contribution in [3.63, 3.8) is 0 Å². The maximum Gasteiger partial charge on any atom is 0.191 e. The van der Waals surface area contributed by atoms with Gasteiger partial charge in [0.2, 0.25) is 0 Å². The van der Waals surface area contributed by atoms with Gasteiger partial charge in [0.05, 0.1) is 5.56 Å². The van der Waals surface area contributed by atoms with Crippen LogP contribution in [0.15, 0.2) is 78.9 Å². The van der Waals surface area contributed by atoms with Gasteiger partial charge in [-0.15, -0.1) is 0 Å². The normalized spacial score (nSPS) is 10.8. The van der Waals surface area contributed by atoms with Gasteiger partial charge in [-0.3, -0.25) is 4.79 Å². The van der Waals surface area contributed by atoms with Crippen molar-refractivity contribution in [1.29, 1.82) is 0 Å². The second kappa shape index (κ2) is 8.21. The lowest BCUT2D eigenvalue weighted by molar-refractivity contribution is 0.104. The Morgan fingerprint density at radius 2 is 1.50 bits per heavy atom. The van der Waals surface area contributed by atoms with Crippen molar-refractivity contribution in [1.82, 2.24) is 0 Å². The van der Waals surface area contributed by atoms with Gasteiger partial charge >= 0.3 is 0 Å². The minimum atomic E-state index is -0.871. The first kappa shape index (κ1) is 17.5. The number of carbonyl (C=O) groups is 1. The predicted molar refractivity (Wildman–Crippen MR) is 96.9 cm³/mol. The molecule has 26 heavy (non-hydrogen) atoms. The number of hydrogen-bond donors (Lipinski definition) is 0. The third-order valence-corrected chi connectivity index (χ3v) is 3.76. The van der Waals surface area contributed by atoms with Crippen LogP contribution in [0, 0.1) is 11.6 Å². The van der Waals surface area contributed by atoms with Gasteiger partial charge in [0, 0.05) is 0 Å². The van der Waals surface area contributed by atoms with Crippen molar-refractivity contribution in [2.75, 3.05) is 0 Å². The van der Waals surface area contributed by atoms with Gasteiger partial charge in [-0.1, -0.05) is 54.6 Å². The first-order valence-corrected chi connectivity index (χ1v) is 8.07. The highest BCUT2D eigenvalue weighted by Gasteiger charge is 2.14. The van der Waals surface area contributed by atoms with Gasteiger partial charge in [-0.05, 0) is 41.5 Å². The van der Waals surface area contributed by atoms with Crippen LogP contribution < -0.4 is 4.74 Å². The van der Waals surface area contributed by atoms with E-state index in [1.165, 1.54) is 12.1 Å². The highest BCUT2D eigenvalue weighted by molar-refractivity contribution is 6.07. The molecule has 4 heteroatoms. The van der Waals surface area contributed by atoms with Crippen LogP contribution in [0.1, 0.15) is 21.5 Å². The van der Waals surface area contributed by atoms with E-state index in [-0.39, 0.29) is 0 Å². The van der Waals surface area contributed by atoms with Crippen LogP contribution >= 0.6 is 0 Å². The molecule has 2 nitrogen and oxygen atoms in total. The van der Waals surface area contributed by atoms with Crippen LogP contribution in [0.4, 0.5) is 8.78 Å². The van der Waals surface area contributed by atoms with Crippen LogP contribution in [0.25, 0.3) is 6.08 Å². The fourth-order valence-corrected chi connectivity index (χ4v) is 2.40. The average molecular weight is 350 g/mol. The molecule has 0 spiro atoms. The zero-order valence-corrected chi connectivity index (χ0v) is 13.9. The number of hydrogen-bond acceptors (Lipinski definition) is 2. The van der Waals surface area contributed by atoms with Gasteiger partial charge in [-0.2, -0.15) is 0 Å². The summed E-state index contributed by atoms with van der Waals surface area (Å²) in [5.74, 6) is -1.77. The number of halogens is 2. The van der Waals surface area contributed by atoms with Gasteiger partial charge in [-0.25, -0.2) is 8.78 Å². The summed E-state index contributed by atoms with van der Waals surface area (Å²) in [7, 11) is 0. The molecule has 0 aliphatic carbocycles. The molecular formula is C22H16F2O2. The molecule has 0 bridgehead atoms. The van der Waals surface area contributed by atoms with Crippen molar-refractivity contribution < 1.29 is 18.3 Å². The molecule has 0 saturated heterocycles. The summed E-state index contributed by atoms with van der Waals surface area (Å²) >= 11 is 0. The van der Waals surface area contributed by atoms with Gasteiger partial charge in [0.15, 0.2) is 5.78 Å². The van der Waals surface area contributed by atoms with E-state index in [9.17, 15) is 13.6 Å². The van der Waals surface area contributed by atoms with Crippen LogP contribution in [-0.2, 0) is 6.61 Å². The third kappa shape index (κ3) is 4.42. The maximum atomic E-state index is 13.6. The average Bonchev–Trinajstić information content (AvgIpc) is 2.66. The number of carbonyl (C=O) groups excluding carboxylic acids is 1. The molecule has 3 rings (SSSR count). The fourth-order valence-electron chi connectivity index (χ4n) is 2.40. The molecule has 0 radical (unpaired) electrons. The van der Waals surface area contributed by atoms with E-state index < -0.39 is 23.0 Å². The van der Waals surface area contributed by atoms with Crippen LogP contribution in [0.5, 0.6) is 5.75 Å². The molecule has 3 aromatic rings. The monoisotopic (exact) mass is 350 g/mol. The Kier molecular flexibility index (Phi) is 5.54. The molecule has 0 fully saturated rings. The first-order valence-electron chi connectivity index (χ1n) is 8.07. The largest absolute Gasteiger partial charge is 0.489 e. The topological polar surface area (TPSA) is 26.3 Å². The molecule has 0 N–H and O–H groups in total. The van der Waals surface area contributed by atoms with Crippen molar-refractivity contribution in [3.8, 4) is 5.75 Å². The minimum Gasteiger partial charge on any atom is -0.489 e. The second-order valence-electron chi connectivity index (χ2n) is 5.64. The summed E-state index contributed by atoms with van der Waals surface area (Å²) < 4.78 is 32.9. The summed E-state index contributed by atoms with van der Waals surface area (Å²) in [6, 6.07) is 20.2. The molecule has 0 amide bonds. The van der Waals surface area contributed by atoms with Gasteiger partial charge < -0.3 is 4.74 Å². The lowest BCUT2D eigenvalue weighted by Crippen LogP contribution is -2.02. The van der Waals surface area contributed by atoms with E-state index in [4.69, 9.17) is 4.74 Å². The van der Waals surface area contributed by atoms with E-state index in [1.54, 1.807) is 24.3 Å². The smallest absolute Gasteiger partial charge is 0.191 e. The molecule has 0 aromatic heterocycles. The Hall–Kier alpha value is -3.27. The summed E-state index contributed by atoms with van der Waals surface area (Å²) in [6.45, 7) is 0.459. The zero-order valence-electron chi connectivity index (χ0n) is 13.9. The summed E-state index contributed by atoms with van der Waals surface area (Å²) in [5, 5.41) is 0. The highest BCUT2D eigenvalue weighted by Crippen LogP contribution is 2.17. The lowest BCUT2D eigenvalue weighted by atomic mass is 10.1. The number of ether oxygens (including phenoxy) is 1. The van der Waals surface area contributed by atoms with E-state index in [2.05, 4.69) is 0 Å². The fraction of sp³-hybridized carbons (Fsp3) is 0.0455. The molecule has 0 aliphatic rings. The van der Waals surface area contributed by atoms with E-state index in [0.717, 1.165) is 29.3 Å². The molecular weight excluding hydrogens is 334 g/mol. The SMILES string of the molecule is O=C(/C=C\c1ccc(OCc2ccccc2)cc1)c1c(F)cccc1F. The third-order valence-electron chi connectivity index (χ3n) is 3.76. The molecule has 130 valence electrons. The van der Waals surface area contributed by atoms with Crippen molar-refractivity contribution in [3.05, 3.63) is 107 Å². The minimum absolute atomic E-state index is 0.459.